The summed E-state index contributed by atoms with van der Waals surface area (Å²) in [5.74, 6) is -0.0223. The van der Waals surface area contributed by atoms with E-state index in [0.29, 0.717) is 12.6 Å². The van der Waals surface area contributed by atoms with Crippen molar-refractivity contribution in [3.05, 3.63) is 0 Å². The topological polar surface area (TPSA) is 53.0 Å². The number of ether oxygens (including phenoxy) is 1. The van der Waals surface area contributed by atoms with Crippen molar-refractivity contribution in [1.82, 2.24) is 9.80 Å². The number of aliphatic hydroxyl groups is 1. The number of aliphatic hydroxyl groups excluding tert-OH is 1. The highest BCUT2D eigenvalue weighted by molar-refractivity contribution is 5.76. The largest absolute Gasteiger partial charge is 0.465 e. The summed E-state index contributed by atoms with van der Waals surface area (Å²) in [7, 11) is 2.15. The number of carbonyl (C=O) groups is 1. The molecule has 29 heavy (non-hydrogen) atoms. The van der Waals surface area contributed by atoms with E-state index in [0.717, 1.165) is 58.2 Å². The third-order valence-corrected chi connectivity index (χ3v) is 5.74. The molecule has 0 aliphatic carbocycles. The Labute approximate surface area is 181 Å². The first-order valence-corrected chi connectivity index (χ1v) is 12.4. The van der Waals surface area contributed by atoms with Gasteiger partial charge in [0.2, 0.25) is 0 Å². The number of unbranched alkanes of at least 4 members (excludes halogenated alkanes) is 7. The lowest BCUT2D eigenvalue weighted by atomic mass is 10.1. The highest BCUT2D eigenvalue weighted by Crippen LogP contribution is 2.24. The van der Waals surface area contributed by atoms with E-state index in [4.69, 9.17) is 9.84 Å². The molecule has 0 spiro atoms. The molecule has 0 amide bonds. The van der Waals surface area contributed by atoms with Crippen LogP contribution in [0.3, 0.4) is 0 Å². The first-order valence-electron chi connectivity index (χ1n) is 12.4. The molecule has 0 saturated carbocycles. The number of carbonyl (C=O) groups excluding carboxylic acids is 1. The van der Waals surface area contributed by atoms with E-state index in [9.17, 15) is 4.79 Å². The minimum atomic E-state index is -0.0805. The molecule has 1 aliphatic heterocycles. The standard InChI is InChI=1S/C22H44N2O3.C2H6/c1-4-6-8-9-10-15-24-19-20(23(3)14-11-12-16-25)18-21(24)22(26)27-17-13-7-5-2;1-2/h20-21,25H,4-19H2,1-3H3;1-2H3/t20?,21-;/m0./s1. The SMILES string of the molecule is CC.CCCCCCCN1CC(N(C)CCCCO)C[C@H]1C(=O)OCCCCC. The average Bonchev–Trinajstić information content (AvgIpc) is 3.17. The van der Waals surface area contributed by atoms with E-state index in [1.165, 1.54) is 32.1 Å². The van der Waals surface area contributed by atoms with Gasteiger partial charge in [-0.05, 0) is 52.2 Å². The molecule has 5 nitrogen and oxygen atoms in total. The van der Waals surface area contributed by atoms with Crippen LogP contribution in [0.5, 0.6) is 0 Å². The quantitative estimate of drug-likeness (QED) is 0.289. The second-order valence-corrected chi connectivity index (χ2v) is 8.10. The summed E-state index contributed by atoms with van der Waals surface area (Å²) in [6.45, 7) is 12.2. The Bertz CT molecular complexity index is 379. The molecule has 0 aromatic rings. The molecule has 0 radical (unpaired) electrons. The maximum atomic E-state index is 12.7. The summed E-state index contributed by atoms with van der Waals surface area (Å²) >= 11 is 0. The van der Waals surface area contributed by atoms with Gasteiger partial charge in [-0.25, -0.2) is 0 Å². The Morgan fingerprint density at radius 1 is 1.00 bits per heavy atom. The number of rotatable bonds is 16. The van der Waals surface area contributed by atoms with Gasteiger partial charge in [-0.3, -0.25) is 9.69 Å². The minimum absolute atomic E-state index is 0.0223. The van der Waals surface area contributed by atoms with Crippen LogP contribution >= 0.6 is 0 Å². The lowest BCUT2D eigenvalue weighted by Crippen LogP contribution is -2.38. The van der Waals surface area contributed by atoms with E-state index in [1.54, 1.807) is 0 Å². The molecule has 0 bridgehead atoms. The van der Waals surface area contributed by atoms with Crippen molar-refractivity contribution in [2.75, 3.05) is 39.9 Å². The summed E-state index contributed by atoms with van der Waals surface area (Å²) in [6.07, 6.45) is 12.2. The Morgan fingerprint density at radius 3 is 2.31 bits per heavy atom. The fraction of sp³-hybridized carbons (Fsp3) is 0.958. The fourth-order valence-electron chi connectivity index (χ4n) is 3.89. The lowest BCUT2D eigenvalue weighted by molar-refractivity contribution is -0.149. The zero-order valence-corrected chi connectivity index (χ0v) is 20.1. The second kappa shape index (κ2) is 19.3. The van der Waals surface area contributed by atoms with E-state index in [1.807, 2.05) is 13.8 Å². The molecule has 2 atom stereocenters. The number of likely N-dealkylation sites (N-methyl/N-ethyl adjacent to an activating group) is 1. The fourth-order valence-corrected chi connectivity index (χ4v) is 3.89. The summed E-state index contributed by atoms with van der Waals surface area (Å²) in [5, 5.41) is 8.99. The van der Waals surface area contributed by atoms with Crippen molar-refractivity contribution < 1.29 is 14.6 Å². The third kappa shape index (κ3) is 12.6. The molecular weight excluding hydrogens is 364 g/mol. The normalized spacial score (nSPS) is 19.3. The first kappa shape index (κ1) is 28.4. The van der Waals surface area contributed by atoms with Gasteiger partial charge in [-0.1, -0.05) is 66.2 Å². The molecule has 0 aromatic carbocycles. The number of hydrogen-bond donors (Lipinski definition) is 1. The number of likely N-dealkylation sites (tertiary alicyclic amines) is 1. The first-order chi connectivity index (χ1) is 14.1. The van der Waals surface area contributed by atoms with Crippen molar-refractivity contribution in [1.29, 1.82) is 0 Å². The van der Waals surface area contributed by atoms with E-state index >= 15 is 0 Å². The molecule has 1 fully saturated rings. The Kier molecular flexibility index (Phi) is 18.9. The molecule has 1 saturated heterocycles. The zero-order chi connectivity index (χ0) is 21.9. The third-order valence-electron chi connectivity index (χ3n) is 5.74. The van der Waals surface area contributed by atoms with Gasteiger partial charge in [-0.15, -0.1) is 0 Å². The average molecular weight is 415 g/mol. The van der Waals surface area contributed by atoms with Crippen molar-refractivity contribution in [3.8, 4) is 0 Å². The lowest BCUT2D eigenvalue weighted by Gasteiger charge is -2.24. The van der Waals surface area contributed by atoms with Crippen molar-refractivity contribution in [3.63, 3.8) is 0 Å². The summed E-state index contributed by atoms with van der Waals surface area (Å²) in [6, 6.07) is 0.329. The smallest absolute Gasteiger partial charge is 0.323 e. The van der Waals surface area contributed by atoms with Crippen LogP contribution in [0.1, 0.15) is 98.3 Å². The van der Waals surface area contributed by atoms with Gasteiger partial charge in [0.05, 0.1) is 6.61 Å². The minimum Gasteiger partial charge on any atom is -0.465 e. The van der Waals surface area contributed by atoms with Crippen molar-refractivity contribution in [2.45, 2.75) is 110 Å². The molecule has 0 aromatic heterocycles. The van der Waals surface area contributed by atoms with Gasteiger partial charge in [-0.2, -0.15) is 0 Å². The maximum Gasteiger partial charge on any atom is 0.323 e. The van der Waals surface area contributed by atoms with Crippen LogP contribution in [0.25, 0.3) is 0 Å². The van der Waals surface area contributed by atoms with Crippen LogP contribution in [0.2, 0.25) is 0 Å². The van der Waals surface area contributed by atoms with Crippen LogP contribution in [0, 0.1) is 0 Å². The summed E-state index contributed by atoms with van der Waals surface area (Å²) < 4.78 is 5.60. The Morgan fingerprint density at radius 2 is 1.66 bits per heavy atom. The molecule has 1 heterocycles. The number of nitrogens with zero attached hydrogens (tertiary/aromatic N) is 2. The predicted octanol–water partition coefficient (Wildman–Crippen LogP) is 4.86. The van der Waals surface area contributed by atoms with Crippen molar-refractivity contribution >= 4 is 5.97 Å². The van der Waals surface area contributed by atoms with Gasteiger partial charge in [0, 0.05) is 19.2 Å². The Hall–Kier alpha value is -0.650. The van der Waals surface area contributed by atoms with E-state index in [-0.39, 0.29) is 18.6 Å². The maximum absolute atomic E-state index is 12.7. The highest BCUT2D eigenvalue weighted by Gasteiger charge is 2.38. The predicted molar refractivity (Wildman–Crippen MR) is 123 cm³/mol. The van der Waals surface area contributed by atoms with Crippen LogP contribution in [-0.4, -0.2) is 72.9 Å². The van der Waals surface area contributed by atoms with Gasteiger partial charge >= 0.3 is 5.97 Å². The Balaban J connectivity index is 0.00000379. The van der Waals surface area contributed by atoms with Crippen LogP contribution in [0.15, 0.2) is 0 Å². The molecule has 1 aliphatic rings. The molecule has 1 rings (SSSR count). The van der Waals surface area contributed by atoms with Gasteiger partial charge < -0.3 is 14.7 Å². The highest BCUT2D eigenvalue weighted by atomic mass is 16.5. The second-order valence-electron chi connectivity index (χ2n) is 8.10. The molecule has 5 heteroatoms. The van der Waals surface area contributed by atoms with Gasteiger partial charge in [0.15, 0.2) is 0 Å². The molecule has 1 unspecified atom stereocenters. The summed E-state index contributed by atoms with van der Waals surface area (Å²) in [5.41, 5.74) is 0. The number of esters is 1. The monoisotopic (exact) mass is 414 g/mol. The van der Waals surface area contributed by atoms with Crippen LogP contribution in [-0.2, 0) is 9.53 Å². The van der Waals surface area contributed by atoms with Crippen LogP contribution < -0.4 is 0 Å². The molecule has 1 N–H and O–H groups in total. The number of hydrogen-bond acceptors (Lipinski definition) is 5. The zero-order valence-electron chi connectivity index (χ0n) is 20.1. The van der Waals surface area contributed by atoms with E-state index < -0.39 is 0 Å². The van der Waals surface area contributed by atoms with Crippen molar-refractivity contribution in [2.24, 2.45) is 0 Å². The van der Waals surface area contributed by atoms with Gasteiger partial charge in [0.1, 0.15) is 6.04 Å². The molecule has 174 valence electrons. The molecular formula is C24H50N2O3. The van der Waals surface area contributed by atoms with Crippen LogP contribution in [0.4, 0.5) is 0 Å². The van der Waals surface area contributed by atoms with Gasteiger partial charge in [0.25, 0.3) is 0 Å². The van der Waals surface area contributed by atoms with E-state index in [2.05, 4.69) is 30.7 Å². The summed E-state index contributed by atoms with van der Waals surface area (Å²) in [4.78, 5) is 17.4.